The molecular weight excluding hydrogens is 294 g/mol. The van der Waals surface area contributed by atoms with Crippen LogP contribution in [0.1, 0.15) is 24.3 Å². The molecule has 1 fully saturated rings. The van der Waals surface area contributed by atoms with E-state index in [1.807, 2.05) is 0 Å². The van der Waals surface area contributed by atoms with Crippen LogP contribution < -0.4 is 0 Å². The Morgan fingerprint density at radius 2 is 2.29 bits per heavy atom. The van der Waals surface area contributed by atoms with Crippen molar-refractivity contribution < 1.29 is 17.7 Å². The number of sulfonamides is 1. The standard InChI is InChI=1S/C13H21N3O4S/c1-10-7-12(14-20-10)9-15(2)13(17)11-5-4-6-16(8-11)21(3,18)19/h7,11H,4-6,8-9H2,1-3H3/t11-/m0/s1. The molecule has 1 atom stereocenters. The van der Waals surface area contributed by atoms with Gasteiger partial charge in [-0.25, -0.2) is 12.7 Å². The van der Waals surface area contributed by atoms with Crippen LogP contribution in [0.25, 0.3) is 0 Å². The van der Waals surface area contributed by atoms with Crippen LogP contribution in [0.15, 0.2) is 10.6 Å². The number of carbonyl (C=O) groups excluding carboxylic acids is 1. The minimum absolute atomic E-state index is 0.0518. The van der Waals surface area contributed by atoms with Crippen molar-refractivity contribution in [3.05, 3.63) is 17.5 Å². The van der Waals surface area contributed by atoms with E-state index in [4.69, 9.17) is 4.52 Å². The minimum Gasteiger partial charge on any atom is -0.361 e. The predicted molar refractivity (Wildman–Crippen MR) is 76.9 cm³/mol. The summed E-state index contributed by atoms with van der Waals surface area (Å²) in [5.74, 6) is 0.363. The van der Waals surface area contributed by atoms with Gasteiger partial charge in [-0.3, -0.25) is 4.79 Å². The van der Waals surface area contributed by atoms with Gasteiger partial charge in [0.05, 0.1) is 18.7 Å². The quantitative estimate of drug-likeness (QED) is 0.813. The maximum atomic E-state index is 12.4. The van der Waals surface area contributed by atoms with Crippen molar-refractivity contribution in [2.45, 2.75) is 26.3 Å². The first-order chi connectivity index (χ1) is 9.77. The van der Waals surface area contributed by atoms with E-state index in [1.165, 1.54) is 10.6 Å². The zero-order valence-corrected chi connectivity index (χ0v) is 13.4. The molecule has 0 spiro atoms. The molecule has 118 valence electrons. The van der Waals surface area contributed by atoms with Crippen LogP contribution >= 0.6 is 0 Å². The molecule has 2 heterocycles. The lowest BCUT2D eigenvalue weighted by Crippen LogP contribution is -2.45. The summed E-state index contributed by atoms with van der Waals surface area (Å²) in [5, 5.41) is 3.86. The third kappa shape index (κ3) is 4.04. The van der Waals surface area contributed by atoms with Crippen LogP contribution in [0.4, 0.5) is 0 Å². The molecule has 1 aromatic rings. The summed E-state index contributed by atoms with van der Waals surface area (Å²) in [6.45, 7) is 2.92. The molecule has 1 aliphatic rings. The number of amides is 1. The summed E-state index contributed by atoms with van der Waals surface area (Å²) >= 11 is 0. The van der Waals surface area contributed by atoms with E-state index in [-0.39, 0.29) is 18.4 Å². The van der Waals surface area contributed by atoms with E-state index in [0.717, 1.165) is 0 Å². The Bertz CT molecular complexity index is 611. The van der Waals surface area contributed by atoms with Gasteiger partial charge in [0.15, 0.2) is 0 Å². The normalized spacial score (nSPS) is 20.4. The smallest absolute Gasteiger partial charge is 0.227 e. The summed E-state index contributed by atoms with van der Waals surface area (Å²) in [6, 6.07) is 1.79. The van der Waals surface area contributed by atoms with E-state index in [0.29, 0.717) is 37.4 Å². The zero-order chi connectivity index (χ0) is 15.6. The van der Waals surface area contributed by atoms with Crippen molar-refractivity contribution in [2.75, 3.05) is 26.4 Å². The minimum atomic E-state index is -3.24. The lowest BCUT2D eigenvalue weighted by Gasteiger charge is -2.32. The molecule has 0 aliphatic carbocycles. The van der Waals surface area contributed by atoms with E-state index in [9.17, 15) is 13.2 Å². The van der Waals surface area contributed by atoms with Crippen molar-refractivity contribution >= 4 is 15.9 Å². The highest BCUT2D eigenvalue weighted by Gasteiger charge is 2.31. The average molecular weight is 315 g/mol. The van der Waals surface area contributed by atoms with E-state index in [2.05, 4.69) is 5.16 Å². The van der Waals surface area contributed by atoms with Crippen LogP contribution in [0.2, 0.25) is 0 Å². The maximum absolute atomic E-state index is 12.4. The van der Waals surface area contributed by atoms with Gasteiger partial charge in [0.2, 0.25) is 15.9 Å². The van der Waals surface area contributed by atoms with Gasteiger partial charge >= 0.3 is 0 Å². The molecule has 1 saturated heterocycles. The number of carbonyl (C=O) groups is 1. The Morgan fingerprint density at radius 1 is 1.57 bits per heavy atom. The first-order valence-electron chi connectivity index (χ1n) is 6.89. The highest BCUT2D eigenvalue weighted by atomic mass is 32.2. The molecule has 0 N–H and O–H groups in total. The van der Waals surface area contributed by atoms with Gasteiger partial charge in [0.25, 0.3) is 0 Å². The molecule has 0 saturated carbocycles. The summed E-state index contributed by atoms with van der Waals surface area (Å²) in [5.41, 5.74) is 0.694. The zero-order valence-electron chi connectivity index (χ0n) is 12.6. The van der Waals surface area contributed by atoms with Crippen LogP contribution in [0, 0.1) is 12.8 Å². The molecule has 7 nitrogen and oxygen atoms in total. The number of hydrogen-bond acceptors (Lipinski definition) is 5. The Labute approximate surface area is 124 Å². The Balaban J connectivity index is 1.98. The second kappa shape index (κ2) is 6.15. The van der Waals surface area contributed by atoms with Crippen molar-refractivity contribution in [2.24, 2.45) is 5.92 Å². The second-order valence-electron chi connectivity index (χ2n) is 5.58. The molecule has 2 rings (SSSR count). The number of piperidine rings is 1. The highest BCUT2D eigenvalue weighted by Crippen LogP contribution is 2.21. The summed E-state index contributed by atoms with van der Waals surface area (Å²) in [4.78, 5) is 14.0. The van der Waals surface area contributed by atoms with Gasteiger partial charge in [-0.1, -0.05) is 5.16 Å². The fraction of sp³-hybridized carbons (Fsp3) is 0.692. The number of nitrogens with zero attached hydrogens (tertiary/aromatic N) is 3. The summed E-state index contributed by atoms with van der Waals surface area (Å²) < 4.78 is 29.6. The van der Waals surface area contributed by atoms with Gasteiger partial charge in [-0.15, -0.1) is 0 Å². The lowest BCUT2D eigenvalue weighted by molar-refractivity contribution is -0.135. The SMILES string of the molecule is Cc1cc(CN(C)C(=O)[C@H]2CCCN(S(C)(=O)=O)C2)no1. The fourth-order valence-electron chi connectivity index (χ4n) is 2.57. The molecule has 1 aliphatic heterocycles. The number of rotatable bonds is 4. The van der Waals surface area contributed by atoms with E-state index >= 15 is 0 Å². The van der Waals surface area contributed by atoms with Gasteiger partial charge in [-0.2, -0.15) is 0 Å². The molecule has 0 aromatic carbocycles. The number of aryl methyl sites for hydroxylation is 1. The molecule has 1 amide bonds. The van der Waals surface area contributed by atoms with Gasteiger partial charge in [0, 0.05) is 26.2 Å². The fourth-order valence-corrected chi connectivity index (χ4v) is 3.48. The lowest BCUT2D eigenvalue weighted by atomic mass is 9.98. The summed E-state index contributed by atoms with van der Waals surface area (Å²) in [6.07, 6.45) is 2.61. The molecule has 0 unspecified atom stereocenters. The predicted octanol–water partition coefficient (Wildman–Crippen LogP) is 0.613. The van der Waals surface area contributed by atoms with Gasteiger partial charge < -0.3 is 9.42 Å². The Hall–Kier alpha value is -1.41. The van der Waals surface area contributed by atoms with Gasteiger partial charge in [0.1, 0.15) is 11.5 Å². The van der Waals surface area contributed by atoms with Crippen LogP contribution in [0.3, 0.4) is 0 Å². The molecule has 8 heteroatoms. The largest absolute Gasteiger partial charge is 0.361 e. The summed E-state index contributed by atoms with van der Waals surface area (Å²) in [7, 11) is -1.54. The van der Waals surface area contributed by atoms with Crippen LogP contribution in [-0.2, 0) is 21.4 Å². The molecule has 0 radical (unpaired) electrons. The van der Waals surface area contributed by atoms with Crippen LogP contribution in [0.5, 0.6) is 0 Å². The van der Waals surface area contributed by atoms with Gasteiger partial charge in [-0.05, 0) is 19.8 Å². The van der Waals surface area contributed by atoms with Crippen molar-refractivity contribution in [3.8, 4) is 0 Å². The first-order valence-corrected chi connectivity index (χ1v) is 8.74. The molecule has 21 heavy (non-hydrogen) atoms. The monoisotopic (exact) mass is 315 g/mol. The van der Waals surface area contributed by atoms with E-state index in [1.54, 1.807) is 24.9 Å². The third-order valence-electron chi connectivity index (χ3n) is 3.65. The maximum Gasteiger partial charge on any atom is 0.227 e. The molecule has 1 aromatic heterocycles. The number of hydrogen-bond donors (Lipinski definition) is 0. The Kier molecular flexibility index (Phi) is 4.67. The molecule has 0 bridgehead atoms. The second-order valence-corrected chi connectivity index (χ2v) is 7.57. The molecular formula is C13H21N3O4S. The van der Waals surface area contributed by atoms with Crippen molar-refractivity contribution in [1.29, 1.82) is 0 Å². The van der Waals surface area contributed by atoms with E-state index < -0.39 is 10.0 Å². The van der Waals surface area contributed by atoms with Crippen molar-refractivity contribution in [1.82, 2.24) is 14.4 Å². The highest BCUT2D eigenvalue weighted by molar-refractivity contribution is 7.88. The number of aromatic nitrogens is 1. The average Bonchev–Trinajstić information content (AvgIpc) is 2.82. The Morgan fingerprint density at radius 3 is 2.86 bits per heavy atom. The topological polar surface area (TPSA) is 83.7 Å². The first kappa shape index (κ1) is 16.0. The third-order valence-corrected chi connectivity index (χ3v) is 4.92. The van der Waals surface area contributed by atoms with Crippen molar-refractivity contribution in [3.63, 3.8) is 0 Å². The van der Waals surface area contributed by atoms with Crippen LogP contribution in [-0.4, -0.2) is 55.1 Å².